The van der Waals surface area contributed by atoms with Crippen LogP contribution in [0.25, 0.3) is 0 Å². The third-order valence-corrected chi connectivity index (χ3v) is 3.42. The van der Waals surface area contributed by atoms with E-state index in [1.165, 1.54) is 18.6 Å². The fraction of sp³-hybridized carbons (Fsp3) is 0.500. The van der Waals surface area contributed by atoms with Crippen molar-refractivity contribution in [3.05, 3.63) is 29.3 Å². The molecule has 1 aromatic rings. The van der Waals surface area contributed by atoms with Gasteiger partial charge in [-0.2, -0.15) is 18.4 Å². The average molecular weight is 268 g/mol. The van der Waals surface area contributed by atoms with Crippen LogP contribution in [-0.4, -0.2) is 6.04 Å². The molecule has 0 bridgehead atoms. The molecule has 2 nitrogen and oxygen atoms in total. The van der Waals surface area contributed by atoms with E-state index >= 15 is 0 Å². The number of nitrogens with one attached hydrogen (secondary N) is 1. The number of alkyl halides is 3. The standard InChI is InChI=1S/C14H15F3N2/c15-14(16,17)13-7-6-12(8-10(13)9-18)19-11-4-2-1-3-5-11/h6-8,11,19H,1-5H2. The van der Waals surface area contributed by atoms with Crippen LogP contribution in [0, 0.1) is 11.3 Å². The summed E-state index contributed by atoms with van der Waals surface area (Å²) in [6, 6.07) is 5.59. The van der Waals surface area contributed by atoms with E-state index < -0.39 is 11.7 Å². The van der Waals surface area contributed by atoms with Gasteiger partial charge in [-0.25, -0.2) is 0 Å². The molecule has 0 spiro atoms. The Balaban J connectivity index is 2.17. The Hall–Kier alpha value is -1.70. The van der Waals surface area contributed by atoms with Gasteiger partial charge in [0.05, 0.1) is 17.2 Å². The molecule has 1 fully saturated rings. The molecule has 2 rings (SSSR count). The van der Waals surface area contributed by atoms with E-state index in [-0.39, 0.29) is 5.56 Å². The summed E-state index contributed by atoms with van der Waals surface area (Å²) in [6.45, 7) is 0. The summed E-state index contributed by atoms with van der Waals surface area (Å²) in [4.78, 5) is 0. The lowest BCUT2D eigenvalue weighted by Gasteiger charge is -2.24. The van der Waals surface area contributed by atoms with E-state index in [0.717, 1.165) is 31.7 Å². The summed E-state index contributed by atoms with van der Waals surface area (Å²) in [6.07, 6.45) is 1.09. The highest BCUT2D eigenvalue weighted by atomic mass is 19.4. The van der Waals surface area contributed by atoms with E-state index in [2.05, 4.69) is 5.32 Å². The van der Waals surface area contributed by atoms with Gasteiger partial charge < -0.3 is 5.32 Å². The molecule has 1 aliphatic rings. The smallest absolute Gasteiger partial charge is 0.382 e. The van der Waals surface area contributed by atoms with Crippen molar-refractivity contribution in [1.29, 1.82) is 5.26 Å². The highest BCUT2D eigenvalue weighted by Crippen LogP contribution is 2.33. The lowest BCUT2D eigenvalue weighted by atomic mass is 9.95. The van der Waals surface area contributed by atoms with Gasteiger partial charge in [0, 0.05) is 11.7 Å². The predicted molar refractivity (Wildman–Crippen MR) is 66.7 cm³/mol. The summed E-state index contributed by atoms with van der Waals surface area (Å²) >= 11 is 0. The molecule has 0 heterocycles. The molecule has 0 aliphatic heterocycles. The number of hydrogen-bond donors (Lipinski definition) is 1. The zero-order valence-electron chi connectivity index (χ0n) is 10.4. The number of halogens is 3. The van der Waals surface area contributed by atoms with E-state index in [0.29, 0.717) is 11.7 Å². The first kappa shape index (κ1) is 13.7. The first-order chi connectivity index (χ1) is 9.00. The molecule has 1 aromatic carbocycles. The molecular formula is C14H15F3N2. The molecular weight excluding hydrogens is 253 g/mol. The van der Waals surface area contributed by atoms with Crippen LogP contribution < -0.4 is 5.32 Å². The van der Waals surface area contributed by atoms with Crippen molar-refractivity contribution >= 4 is 5.69 Å². The second-order valence-corrected chi connectivity index (χ2v) is 4.85. The second-order valence-electron chi connectivity index (χ2n) is 4.85. The molecule has 19 heavy (non-hydrogen) atoms. The van der Waals surface area contributed by atoms with Crippen molar-refractivity contribution in [1.82, 2.24) is 0 Å². The summed E-state index contributed by atoms with van der Waals surface area (Å²) in [5.74, 6) is 0. The minimum Gasteiger partial charge on any atom is -0.382 e. The molecule has 0 radical (unpaired) electrons. The average Bonchev–Trinajstić information content (AvgIpc) is 2.38. The Bertz CT molecular complexity index is 482. The SMILES string of the molecule is N#Cc1cc(NC2CCCCC2)ccc1C(F)(F)F. The number of nitrogens with zero attached hydrogens (tertiary/aromatic N) is 1. The highest BCUT2D eigenvalue weighted by Gasteiger charge is 2.33. The summed E-state index contributed by atoms with van der Waals surface area (Å²) in [5.41, 5.74) is -0.603. The van der Waals surface area contributed by atoms with E-state index in [4.69, 9.17) is 5.26 Å². The lowest BCUT2D eigenvalue weighted by Crippen LogP contribution is -2.22. The first-order valence-electron chi connectivity index (χ1n) is 6.38. The molecule has 0 amide bonds. The minimum atomic E-state index is -4.48. The van der Waals surface area contributed by atoms with Crippen LogP contribution in [0.2, 0.25) is 0 Å². The van der Waals surface area contributed by atoms with Crippen LogP contribution in [0.15, 0.2) is 18.2 Å². The Morgan fingerprint density at radius 1 is 1.16 bits per heavy atom. The van der Waals surface area contributed by atoms with Gasteiger partial charge in [0.1, 0.15) is 0 Å². The van der Waals surface area contributed by atoms with Gasteiger partial charge in [-0.05, 0) is 31.0 Å². The second kappa shape index (κ2) is 5.52. The molecule has 1 aliphatic carbocycles. The normalized spacial score (nSPS) is 16.9. The summed E-state index contributed by atoms with van der Waals surface area (Å²) < 4.78 is 38.0. The third-order valence-electron chi connectivity index (χ3n) is 3.42. The van der Waals surface area contributed by atoms with Crippen molar-refractivity contribution in [2.75, 3.05) is 5.32 Å². The molecule has 0 atom stereocenters. The Morgan fingerprint density at radius 2 is 1.84 bits per heavy atom. The van der Waals surface area contributed by atoms with Crippen molar-refractivity contribution in [2.24, 2.45) is 0 Å². The van der Waals surface area contributed by atoms with Gasteiger partial charge in [-0.15, -0.1) is 0 Å². The van der Waals surface area contributed by atoms with E-state index in [9.17, 15) is 13.2 Å². The fourth-order valence-corrected chi connectivity index (χ4v) is 2.46. The zero-order valence-corrected chi connectivity index (χ0v) is 10.4. The van der Waals surface area contributed by atoms with Gasteiger partial charge in [0.15, 0.2) is 0 Å². The van der Waals surface area contributed by atoms with Gasteiger partial charge in [-0.3, -0.25) is 0 Å². The summed E-state index contributed by atoms with van der Waals surface area (Å²) in [5, 5.41) is 12.1. The van der Waals surface area contributed by atoms with Crippen molar-refractivity contribution in [3.63, 3.8) is 0 Å². The Morgan fingerprint density at radius 3 is 2.42 bits per heavy atom. The number of nitriles is 1. The van der Waals surface area contributed by atoms with Gasteiger partial charge >= 0.3 is 6.18 Å². The van der Waals surface area contributed by atoms with Gasteiger partial charge in [0.25, 0.3) is 0 Å². The fourth-order valence-electron chi connectivity index (χ4n) is 2.46. The van der Waals surface area contributed by atoms with Gasteiger partial charge in [-0.1, -0.05) is 19.3 Å². The van der Waals surface area contributed by atoms with Crippen molar-refractivity contribution in [2.45, 2.75) is 44.3 Å². The molecule has 0 saturated heterocycles. The maximum absolute atomic E-state index is 12.7. The van der Waals surface area contributed by atoms with E-state index in [1.807, 2.05) is 0 Å². The predicted octanol–water partition coefficient (Wildman–Crippen LogP) is 4.32. The maximum atomic E-state index is 12.7. The highest BCUT2D eigenvalue weighted by molar-refractivity contribution is 5.54. The first-order valence-corrected chi connectivity index (χ1v) is 6.38. The van der Waals surface area contributed by atoms with E-state index in [1.54, 1.807) is 6.07 Å². The van der Waals surface area contributed by atoms with Gasteiger partial charge in [0.2, 0.25) is 0 Å². The molecule has 0 unspecified atom stereocenters. The molecule has 1 saturated carbocycles. The molecule has 0 aromatic heterocycles. The van der Waals surface area contributed by atoms with Crippen LogP contribution in [0.3, 0.4) is 0 Å². The summed E-state index contributed by atoms with van der Waals surface area (Å²) in [7, 11) is 0. The van der Waals surface area contributed by atoms with Crippen molar-refractivity contribution in [3.8, 4) is 6.07 Å². The Kier molecular flexibility index (Phi) is 3.98. The monoisotopic (exact) mass is 268 g/mol. The molecule has 102 valence electrons. The topological polar surface area (TPSA) is 35.8 Å². The Labute approximate surface area is 110 Å². The number of hydrogen-bond acceptors (Lipinski definition) is 2. The van der Waals surface area contributed by atoms with Crippen LogP contribution >= 0.6 is 0 Å². The van der Waals surface area contributed by atoms with Crippen LogP contribution in [0.4, 0.5) is 18.9 Å². The molecule has 1 N–H and O–H groups in total. The van der Waals surface area contributed by atoms with Crippen LogP contribution in [-0.2, 0) is 6.18 Å². The van der Waals surface area contributed by atoms with Crippen LogP contribution in [0.1, 0.15) is 43.2 Å². The number of benzene rings is 1. The zero-order chi connectivity index (χ0) is 13.9. The maximum Gasteiger partial charge on any atom is 0.417 e. The molecule has 5 heteroatoms. The largest absolute Gasteiger partial charge is 0.417 e. The number of anilines is 1. The number of rotatable bonds is 2. The third kappa shape index (κ3) is 3.40. The lowest BCUT2D eigenvalue weighted by molar-refractivity contribution is -0.137. The minimum absolute atomic E-state index is 0.303. The quantitative estimate of drug-likeness (QED) is 0.867. The van der Waals surface area contributed by atoms with Crippen LogP contribution in [0.5, 0.6) is 0 Å². The van der Waals surface area contributed by atoms with Crippen molar-refractivity contribution < 1.29 is 13.2 Å².